The van der Waals surface area contributed by atoms with E-state index in [1.165, 1.54) is 0 Å². The standard InChI is InChI=1S/C16H15NO2/c18-16(19)13-10-15(11-6-2-1-3-7-11)17-14-9-5-4-8-12(13)14/h1-9,13,15,17H,10H2,(H,18,19)/t13-,15-/m1/s1. The average molecular weight is 253 g/mol. The molecule has 2 atom stereocenters. The second-order valence-corrected chi connectivity index (χ2v) is 4.82. The van der Waals surface area contributed by atoms with E-state index in [0.29, 0.717) is 6.42 Å². The zero-order valence-corrected chi connectivity index (χ0v) is 10.4. The topological polar surface area (TPSA) is 49.3 Å². The van der Waals surface area contributed by atoms with Crippen molar-refractivity contribution in [1.29, 1.82) is 0 Å². The Morgan fingerprint density at radius 2 is 1.74 bits per heavy atom. The van der Waals surface area contributed by atoms with Crippen molar-refractivity contribution >= 4 is 11.7 Å². The first-order valence-corrected chi connectivity index (χ1v) is 6.39. The van der Waals surface area contributed by atoms with Crippen molar-refractivity contribution in [3.05, 3.63) is 65.7 Å². The van der Waals surface area contributed by atoms with E-state index in [4.69, 9.17) is 0 Å². The van der Waals surface area contributed by atoms with Crippen LogP contribution in [0.2, 0.25) is 0 Å². The van der Waals surface area contributed by atoms with Gasteiger partial charge in [-0.2, -0.15) is 0 Å². The number of carboxylic acids is 1. The van der Waals surface area contributed by atoms with Crippen molar-refractivity contribution in [1.82, 2.24) is 0 Å². The molecule has 0 spiro atoms. The molecule has 1 aliphatic heterocycles. The fourth-order valence-electron chi connectivity index (χ4n) is 2.68. The molecule has 3 nitrogen and oxygen atoms in total. The summed E-state index contributed by atoms with van der Waals surface area (Å²) < 4.78 is 0. The van der Waals surface area contributed by atoms with Gasteiger partial charge in [0.1, 0.15) is 0 Å². The zero-order chi connectivity index (χ0) is 13.2. The lowest BCUT2D eigenvalue weighted by Gasteiger charge is -2.31. The predicted molar refractivity (Wildman–Crippen MR) is 74.2 cm³/mol. The van der Waals surface area contributed by atoms with Gasteiger partial charge in [0.15, 0.2) is 0 Å². The average Bonchev–Trinajstić information content (AvgIpc) is 2.47. The number of hydrogen-bond donors (Lipinski definition) is 2. The highest BCUT2D eigenvalue weighted by Gasteiger charge is 2.31. The predicted octanol–water partition coefficient (Wildman–Crippen LogP) is 3.41. The van der Waals surface area contributed by atoms with Crippen LogP contribution in [-0.2, 0) is 4.79 Å². The highest BCUT2D eigenvalue weighted by Crippen LogP contribution is 2.39. The van der Waals surface area contributed by atoms with E-state index >= 15 is 0 Å². The Labute approximate surface area is 111 Å². The van der Waals surface area contributed by atoms with Crippen LogP contribution in [0, 0.1) is 0 Å². The SMILES string of the molecule is O=C(O)[C@@H]1C[C@H](c2ccccc2)Nc2ccccc21. The molecule has 0 saturated carbocycles. The van der Waals surface area contributed by atoms with Crippen LogP contribution < -0.4 is 5.32 Å². The van der Waals surface area contributed by atoms with Gasteiger partial charge in [-0.1, -0.05) is 48.5 Å². The Morgan fingerprint density at radius 3 is 2.47 bits per heavy atom. The summed E-state index contributed by atoms with van der Waals surface area (Å²) in [6.07, 6.45) is 0.580. The molecule has 0 bridgehead atoms. The maximum absolute atomic E-state index is 11.5. The quantitative estimate of drug-likeness (QED) is 0.862. The van der Waals surface area contributed by atoms with E-state index in [-0.39, 0.29) is 6.04 Å². The van der Waals surface area contributed by atoms with E-state index in [2.05, 4.69) is 5.32 Å². The first-order valence-electron chi connectivity index (χ1n) is 6.39. The minimum atomic E-state index is -0.755. The molecule has 0 saturated heterocycles. The summed E-state index contributed by atoms with van der Waals surface area (Å²) in [6.45, 7) is 0. The molecule has 2 N–H and O–H groups in total. The lowest BCUT2D eigenvalue weighted by molar-refractivity contribution is -0.139. The van der Waals surface area contributed by atoms with E-state index < -0.39 is 11.9 Å². The maximum atomic E-state index is 11.5. The van der Waals surface area contributed by atoms with Crippen molar-refractivity contribution in [2.75, 3.05) is 5.32 Å². The molecule has 3 rings (SSSR count). The Morgan fingerprint density at radius 1 is 1.05 bits per heavy atom. The zero-order valence-electron chi connectivity index (χ0n) is 10.4. The lowest BCUT2D eigenvalue weighted by Crippen LogP contribution is -2.25. The molecular formula is C16H15NO2. The van der Waals surface area contributed by atoms with Crippen LogP contribution in [0.25, 0.3) is 0 Å². The molecular weight excluding hydrogens is 238 g/mol. The third-order valence-corrected chi connectivity index (χ3v) is 3.64. The second kappa shape index (κ2) is 4.76. The molecule has 19 heavy (non-hydrogen) atoms. The fourth-order valence-corrected chi connectivity index (χ4v) is 2.68. The fraction of sp³-hybridized carbons (Fsp3) is 0.188. The number of nitrogens with one attached hydrogen (secondary N) is 1. The maximum Gasteiger partial charge on any atom is 0.311 e. The molecule has 0 aliphatic carbocycles. The summed E-state index contributed by atoms with van der Waals surface area (Å²) in [5.41, 5.74) is 2.93. The number of anilines is 1. The molecule has 96 valence electrons. The van der Waals surface area contributed by atoms with E-state index in [9.17, 15) is 9.90 Å². The van der Waals surface area contributed by atoms with E-state index in [0.717, 1.165) is 16.8 Å². The number of aliphatic carboxylic acids is 1. The molecule has 2 aromatic rings. The summed E-state index contributed by atoms with van der Waals surface area (Å²) in [5, 5.41) is 12.9. The van der Waals surface area contributed by atoms with E-state index in [1.54, 1.807) is 0 Å². The van der Waals surface area contributed by atoms with Crippen LogP contribution in [0.5, 0.6) is 0 Å². The summed E-state index contributed by atoms with van der Waals surface area (Å²) in [4.78, 5) is 11.5. The van der Waals surface area contributed by atoms with Gasteiger partial charge in [0.2, 0.25) is 0 Å². The molecule has 2 aromatic carbocycles. The third kappa shape index (κ3) is 2.19. The molecule has 3 heteroatoms. The summed E-state index contributed by atoms with van der Waals surface area (Å²) in [6, 6.07) is 17.7. The third-order valence-electron chi connectivity index (χ3n) is 3.64. The number of rotatable bonds is 2. The van der Waals surface area contributed by atoms with Crippen molar-refractivity contribution < 1.29 is 9.90 Å². The van der Waals surface area contributed by atoms with Crippen molar-refractivity contribution in [2.45, 2.75) is 18.4 Å². The number of para-hydroxylation sites is 1. The van der Waals surface area contributed by atoms with Crippen LogP contribution in [-0.4, -0.2) is 11.1 Å². The Balaban J connectivity index is 1.99. The molecule has 0 radical (unpaired) electrons. The summed E-state index contributed by atoms with van der Waals surface area (Å²) in [5.74, 6) is -1.20. The largest absolute Gasteiger partial charge is 0.481 e. The Bertz CT molecular complexity index is 595. The molecule has 0 unspecified atom stereocenters. The van der Waals surface area contributed by atoms with Gasteiger partial charge >= 0.3 is 5.97 Å². The van der Waals surface area contributed by atoms with Crippen LogP contribution in [0.4, 0.5) is 5.69 Å². The first kappa shape index (κ1) is 11.8. The van der Waals surface area contributed by atoms with Gasteiger partial charge in [0, 0.05) is 5.69 Å². The van der Waals surface area contributed by atoms with Crippen molar-refractivity contribution in [3.63, 3.8) is 0 Å². The number of fused-ring (bicyclic) bond motifs is 1. The van der Waals surface area contributed by atoms with E-state index in [1.807, 2.05) is 54.6 Å². The smallest absolute Gasteiger partial charge is 0.311 e. The second-order valence-electron chi connectivity index (χ2n) is 4.82. The molecule has 0 fully saturated rings. The van der Waals surface area contributed by atoms with Gasteiger partial charge < -0.3 is 10.4 Å². The highest BCUT2D eigenvalue weighted by atomic mass is 16.4. The monoisotopic (exact) mass is 253 g/mol. The van der Waals surface area contributed by atoms with Gasteiger partial charge in [-0.3, -0.25) is 4.79 Å². The molecule has 0 amide bonds. The normalized spacial score (nSPS) is 21.3. The first-order chi connectivity index (χ1) is 9.25. The van der Waals surface area contributed by atoms with Crippen LogP contribution in [0.15, 0.2) is 54.6 Å². The summed E-state index contributed by atoms with van der Waals surface area (Å²) in [7, 11) is 0. The van der Waals surface area contributed by atoms with Gasteiger partial charge in [-0.25, -0.2) is 0 Å². The number of hydrogen-bond acceptors (Lipinski definition) is 2. The van der Waals surface area contributed by atoms with Gasteiger partial charge in [-0.05, 0) is 23.6 Å². The minimum absolute atomic E-state index is 0.0530. The van der Waals surface area contributed by atoms with Crippen molar-refractivity contribution in [3.8, 4) is 0 Å². The lowest BCUT2D eigenvalue weighted by atomic mass is 9.84. The summed E-state index contributed by atoms with van der Waals surface area (Å²) >= 11 is 0. The van der Waals surface area contributed by atoms with Crippen LogP contribution in [0.1, 0.15) is 29.5 Å². The molecule has 0 aromatic heterocycles. The van der Waals surface area contributed by atoms with Gasteiger partial charge in [0.25, 0.3) is 0 Å². The minimum Gasteiger partial charge on any atom is -0.481 e. The number of carbonyl (C=O) groups is 1. The van der Waals surface area contributed by atoms with Crippen LogP contribution in [0.3, 0.4) is 0 Å². The molecule has 1 aliphatic rings. The highest BCUT2D eigenvalue weighted by molar-refractivity contribution is 5.80. The van der Waals surface area contributed by atoms with Crippen LogP contribution >= 0.6 is 0 Å². The van der Waals surface area contributed by atoms with Gasteiger partial charge in [-0.15, -0.1) is 0 Å². The van der Waals surface area contributed by atoms with Gasteiger partial charge in [0.05, 0.1) is 12.0 Å². The number of benzene rings is 2. The van der Waals surface area contributed by atoms with Crippen molar-refractivity contribution in [2.24, 2.45) is 0 Å². The Hall–Kier alpha value is -2.29. The Kier molecular flexibility index (Phi) is 2.95. The molecule has 1 heterocycles. The number of carboxylic acid groups (broad SMARTS) is 1.